The molecule has 40 heavy (non-hydrogen) atoms. The second-order valence-corrected chi connectivity index (χ2v) is 8.04. The molecule has 4 rings (SSSR count). The number of imide groups is 1. The van der Waals surface area contributed by atoms with Crippen LogP contribution in [-0.2, 0) is 0 Å². The Hall–Kier alpha value is -5.13. The Kier molecular flexibility index (Phi) is 8.18. The first-order chi connectivity index (χ1) is 19.0. The smallest absolute Gasteiger partial charge is 0.497 e. The maximum atomic E-state index is 13.8. The highest BCUT2D eigenvalue weighted by molar-refractivity contribution is 6.08. The fourth-order valence-corrected chi connectivity index (χ4v) is 3.60. The van der Waals surface area contributed by atoms with Crippen LogP contribution in [0.4, 0.5) is 32.4 Å². The predicted molar refractivity (Wildman–Crippen MR) is 134 cm³/mol. The number of urea groups is 1. The van der Waals surface area contributed by atoms with Crippen molar-refractivity contribution in [1.29, 1.82) is 0 Å². The van der Waals surface area contributed by atoms with Crippen molar-refractivity contribution < 1.29 is 45.8 Å². The van der Waals surface area contributed by atoms with Crippen LogP contribution in [0.3, 0.4) is 0 Å². The number of rotatable bonds is 7. The van der Waals surface area contributed by atoms with Gasteiger partial charge in [-0.1, -0.05) is 36.4 Å². The van der Waals surface area contributed by atoms with Gasteiger partial charge in [-0.3, -0.25) is 10.1 Å². The summed E-state index contributed by atoms with van der Waals surface area (Å²) >= 11 is 0. The lowest BCUT2D eigenvalue weighted by molar-refractivity contribution is -0.275. The van der Waals surface area contributed by atoms with Crippen LogP contribution in [0.15, 0.2) is 84.9 Å². The fourth-order valence-electron chi connectivity index (χ4n) is 3.60. The molecule has 0 spiro atoms. The summed E-state index contributed by atoms with van der Waals surface area (Å²) in [7, 11) is 1.46. The number of halogens is 5. The molecule has 0 unspecified atom stereocenters. The molecule has 12 heteroatoms. The molecule has 3 amide bonds. The summed E-state index contributed by atoms with van der Waals surface area (Å²) in [6.07, 6.45) is -5.13. The van der Waals surface area contributed by atoms with Gasteiger partial charge in [0.15, 0.2) is 11.5 Å². The molecule has 0 saturated carbocycles. The fraction of sp³-hybridized carbons (Fsp3) is 0.0714. The summed E-state index contributed by atoms with van der Waals surface area (Å²) in [5.74, 6) is -4.32. The van der Waals surface area contributed by atoms with Crippen LogP contribution in [0.1, 0.15) is 10.4 Å². The van der Waals surface area contributed by atoms with Gasteiger partial charge in [0.2, 0.25) is 0 Å². The Labute approximate surface area is 224 Å². The third kappa shape index (κ3) is 6.84. The molecule has 0 fully saturated rings. The van der Waals surface area contributed by atoms with E-state index in [4.69, 9.17) is 9.47 Å². The predicted octanol–water partition coefficient (Wildman–Crippen LogP) is 7.29. The summed E-state index contributed by atoms with van der Waals surface area (Å²) < 4.78 is 82.5. The zero-order valence-electron chi connectivity index (χ0n) is 20.5. The molecule has 0 heterocycles. The molecular formula is C28H19F5N2O5. The number of hydrogen-bond donors (Lipinski definition) is 2. The van der Waals surface area contributed by atoms with Gasteiger partial charge in [-0.2, -0.15) is 0 Å². The number of methoxy groups -OCH3 is 1. The lowest BCUT2D eigenvalue weighted by atomic mass is 10.0. The maximum absolute atomic E-state index is 13.8. The van der Waals surface area contributed by atoms with Gasteiger partial charge < -0.3 is 19.5 Å². The number of nitrogens with one attached hydrogen (secondary N) is 2. The van der Waals surface area contributed by atoms with Crippen LogP contribution in [0.5, 0.6) is 23.0 Å². The molecule has 4 aromatic rings. The van der Waals surface area contributed by atoms with Crippen molar-refractivity contribution >= 4 is 17.6 Å². The number of anilines is 1. The van der Waals surface area contributed by atoms with Crippen molar-refractivity contribution in [2.45, 2.75) is 6.36 Å². The van der Waals surface area contributed by atoms with Gasteiger partial charge in [-0.25, -0.2) is 13.6 Å². The van der Waals surface area contributed by atoms with Crippen LogP contribution >= 0.6 is 0 Å². The number of benzene rings is 4. The average molecular weight is 558 g/mol. The SMILES string of the molecule is COc1ccc(Oc2ccc(NC(=O)NC(=O)c3c(F)cccc3F)cc2OC(F)(F)F)c(-c2ccccc2)c1. The molecule has 4 aromatic carbocycles. The Morgan fingerprint density at radius 3 is 2.10 bits per heavy atom. The van der Waals surface area contributed by atoms with Crippen molar-refractivity contribution in [3.05, 3.63) is 102 Å². The highest BCUT2D eigenvalue weighted by Crippen LogP contribution is 2.41. The second-order valence-electron chi connectivity index (χ2n) is 8.04. The lowest BCUT2D eigenvalue weighted by Gasteiger charge is -2.18. The highest BCUT2D eigenvalue weighted by atomic mass is 19.4. The van der Waals surface area contributed by atoms with Crippen molar-refractivity contribution in [3.8, 4) is 34.1 Å². The second kappa shape index (κ2) is 11.7. The van der Waals surface area contributed by atoms with Gasteiger partial charge in [-0.15, -0.1) is 13.2 Å². The molecule has 0 saturated heterocycles. The first kappa shape index (κ1) is 27.9. The molecule has 2 N–H and O–H groups in total. The van der Waals surface area contributed by atoms with Gasteiger partial charge in [0, 0.05) is 17.3 Å². The summed E-state index contributed by atoms with van der Waals surface area (Å²) in [6.45, 7) is 0. The summed E-state index contributed by atoms with van der Waals surface area (Å²) in [5.41, 5.74) is -0.0425. The normalized spacial score (nSPS) is 10.9. The van der Waals surface area contributed by atoms with Crippen LogP contribution < -0.4 is 24.8 Å². The van der Waals surface area contributed by atoms with Crippen LogP contribution in [0.2, 0.25) is 0 Å². The zero-order chi connectivity index (χ0) is 28.9. The van der Waals surface area contributed by atoms with Crippen LogP contribution in [0, 0.1) is 11.6 Å². The summed E-state index contributed by atoms with van der Waals surface area (Å²) in [6, 6.07) is 18.1. The van der Waals surface area contributed by atoms with Crippen LogP contribution in [-0.4, -0.2) is 25.4 Å². The standard InChI is InChI=1S/C28H19F5N2O5/c1-38-18-11-13-22(19(15-18)16-6-3-2-4-7-16)39-23-12-10-17(14-24(23)40-28(31,32)33)34-27(37)35-26(36)25-20(29)8-5-9-21(25)30/h2-15H,1H3,(H2,34,35,36,37). The van der Waals surface area contributed by atoms with E-state index >= 15 is 0 Å². The molecule has 0 bridgehead atoms. The quantitative estimate of drug-likeness (QED) is 0.233. The van der Waals surface area contributed by atoms with Gasteiger partial charge in [0.25, 0.3) is 5.91 Å². The molecule has 206 valence electrons. The van der Waals surface area contributed by atoms with Crippen molar-refractivity contribution in [2.24, 2.45) is 0 Å². The third-order valence-corrected chi connectivity index (χ3v) is 5.34. The first-order valence-electron chi connectivity index (χ1n) is 11.4. The Morgan fingerprint density at radius 2 is 1.45 bits per heavy atom. The summed E-state index contributed by atoms with van der Waals surface area (Å²) in [5, 5.41) is 3.83. The molecule has 0 radical (unpaired) electrons. The van der Waals surface area contributed by atoms with Crippen molar-refractivity contribution in [3.63, 3.8) is 0 Å². The van der Waals surface area contributed by atoms with E-state index in [1.165, 1.54) is 19.2 Å². The van der Waals surface area contributed by atoms with Gasteiger partial charge in [0.1, 0.15) is 28.7 Å². The molecule has 0 aliphatic heterocycles. The minimum Gasteiger partial charge on any atom is -0.497 e. The minimum atomic E-state index is -5.13. The molecule has 0 aliphatic carbocycles. The average Bonchev–Trinajstić information content (AvgIpc) is 2.89. The Morgan fingerprint density at radius 1 is 0.775 bits per heavy atom. The van der Waals surface area contributed by atoms with Crippen molar-refractivity contribution in [1.82, 2.24) is 5.32 Å². The maximum Gasteiger partial charge on any atom is 0.573 e. The summed E-state index contributed by atoms with van der Waals surface area (Å²) in [4.78, 5) is 24.4. The van der Waals surface area contributed by atoms with E-state index in [0.29, 0.717) is 16.9 Å². The molecule has 0 aromatic heterocycles. The largest absolute Gasteiger partial charge is 0.573 e. The lowest BCUT2D eigenvalue weighted by Crippen LogP contribution is -2.35. The highest BCUT2D eigenvalue weighted by Gasteiger charge is 2.33. The molecule has 0 aliphatic rings. The Bertz CT molecular complexity index is 1520. The van der Waals surface area contributed by atoms with E-state index in [1.807, 2.05) is 0 Å². The third-order valence-electron chi connectivity index (χ3n) is 5.34. The number of alkyl halides is 3. The number of carbonyl (C=O) groups is 2. The topological polar surface area (TPSA) is 85.9 Å². The van der Waals surface area contributed by atoms with E-state index in [9.17, 15) is 31.5 Å². The van der Waals surface area contributed by atoms with E-state index < -0.39 is 41.2 Å². The monoisotopic (exact) mass is 558 g/mol. The van der Waals surface area contributed by atoms with Crippen molar-refractivity contribution in [2.75, 3.05) is 12.4 Å². The van der Waals surface area contributed by atoms with Gasteiger partial charge >= 0.3 is 12.4 Å². The number of ether oxygens (including phenoxy) is 3. The zero-order valence-corrected chi connectivity index (χ0v) is 20.5. The minimum absolute atomic E-state index is 0.176. The first-order valence-corrected chi connectivity index (χ1v) is 11.4. The van der Waals surface area contributed by atoms with E-state index in [2.05, 4.69) is 10.1 Å². The number of amides is 3. The number of hydrogen-bond acceptors (Lipinski definition) is 5. The van der Waals surface area contributed by atoms with Gasteiger partial charge in [-0.05, 0) is 48.0 Å². The Balaban J connectivity index is 1.61. The van der Waals surface area contributed by atoms with Gasteiger partial charge in [0.05, 0.1) is 7.11 Å². The van der Waals surface area contributed by atoms with E-state index in [0.717, 1.165) is 30.3 Å². The van der Waals surface area contributed by atoms with E-state index in [1.54, 1.807) is 47.8 Å². The van der Waals surface area contributed by atoms with Crippen LogP contribution in [0.25, 0.3) is 11.1 Å². The number of carbonyl (C=O) groups excluding carboxylic acids is 2. The molecule has 7 nitrogen and oxygen atoms in total. The van der Waals surface area contributed by atoms with E-state index in [-0.39, 0.29) is 17.2 Å². The molecule has 0 atom stereocenters. The molecular weight excluding hydrogens is 539 g/mol.